The minimum Gasteiger partial charge on any atom is -0.323 e. The Balaban J connectivity index is 0.00000555. The average molecular weight is 2980 g/mol. The number of anilines is 1. The lowest BCUT2D eigenvalue weighted by molar-refractivity contribution is -0.123. The predicted molar refractivity (Wildman–Crippen MR) is 693 cm³/mol. The Bertz CT molecular complexity index is 7130. The Kier molecular flexibility index (Phi) is 123. The quantitative estimate of drug-likeness (QED) is 0.464. The number of benzene rings is 1. The van der Waals surface area contributed by atoms with Gasteiger partial charge in [-0.05, 0) is 12.1 Å². The van der Waals surface area contributed by atoms with Gasteiger partial charge in [-0.3, -0.25) is 9.59 Å². The summed E-state index contributed by atoms with van der Waals surface area (Å²) in [6.45, 7) is 5.14. The van der Waals surface area contributed by atoms with Crippen LogP contribution in [0.1, 0.15) is 31.1 Å². The normalized spacial score (nSPS) is 8.35. The number of aldehydes is 1. The van der Waals surface area contributed by atoms with Crippen molar-refractivity contribution in [1.29, 1.82) is 0 Å². The summed E-state index contributed by atoms with van der Waals surface area (Å²) in [7, 11) is 152. The molecule has 1 aromatic carbocycles. The molecule has 1 aromatic rings. The van der Waals surface area contributed by atoms with Gasteiger partial charge in [-0.1, -0.05) is 26.8 Å². The van der Waals surface area contributed by atoms with Crippen molar-refractivity contribution in [3.63, 3.8) is 0 Å². The van der Waals surface area contributed by atoms with Gasteiger partial charge >= 0.3 is 0 Å². The summed E-state index contributed by atoms with van der Waals surface area (Å²) in [6.07, 6.45) is 0.515. The highest BCUT2D eigenvalue weighted by atomic mass is 33.6. The predicted octanol–water partition coefficient (Wildman–Crippen LogP) is 2.42. The summed E-state index contributed by atoms with van der Waals surface area (Å²) < 4.78 is 13.4. The lowest BCUT2D eigenvalue weighted by atomic mass is 9.95. The number of rotatable bonds is 2. The highest BCUT2D eigenvalue weighted by Gasteiger charge is 2.23. The Labute approximate surface area is 836 Å². The number of para-hydroxylation sites is 1. The SMILES string of the molecule is CC(C)(C)C(=O)Nc1c(F)cccc1C=O.S=S=S=S=S=S=S=S=S=S=S=S=S=S=S=S=S=S=S=S=S=S=S=S=S=S=S=S=S=S=S=S=S=S=S=S=S=S=S=S=S=S=S=S=S=S=S=S=S=S=S=S=S=S=S=S=S=S=S=S=S=S=S=S=S=S=S=S=S=S=S=S=S=S=S=S=S=S=S=S=S=S=S=S=S=S. The molecule has 3 nitrogen and oxygen atoms in total. The molecule has 0 heterocycles. The maximum Gasteiger partial charge on any atom is 0.229 e. The number of halogens is 1. The maximum absolute atomic E-state index is 13.4. The van der Waals surface area contributed by atoms with Crippen LogP contribution in [0.15, 0.2) is 18.2 Å². The van der Waals surface area contributed by atoms with Gasteiger partial charge < -0.3 is 5.32 Å². The third-order valence-corrected chi connectivity index (χ3v) is 189. The third-order valence-electron chi connectivity index (χ3n) is 4.40. The van der Waals surface area contributed by atoms with Crippen LogP contribution in [0.25, 0.3) is 0 Å². The largest absolute Gasteiger partial charge is 0.323 e. The van der Waals surface area contributed by atoms with Gasteiger partial charge in [-0.25, -0.2) is 4.39 Å². The molecule has 102 heavy (non-hydrogen) atoms. The van der Waals surface area contributed by atoms with Crippen molar-refractivity contribution in [3.8, 4) is 0 Å². The van der Waals surface area contributed by atoms with E-state index < -0.39 is 11.2 Å². The molecule has 0 unspecified atom stereocenters. The number of amides is 1. The van der Waals surface area contributed by atoms with Crippen LogP contribution in [-0.4, -0.2) is 12.2 Å². The topological polar surface area (TPSA) is 46.2 Å². The molecule has 0 aliphatic carbocycles. The molecule has 0 bridgehead atoms. The second kappa shape index (κ2) is 105. The van der Waals surface area contributed by atoms with E-state index >= 15 is 0 Å². The van der Waals surface area contributed by atoms with Gasteiger partial charge in [-0.15, -0.1) is 0 Å². The van der Waals surface area contributed by atoms with Crippen LogP contribution >= 0.6 is 0 Å². The molecular weight excluding hydrogens is 2970 g/mol. The molecule has 0 aliphatic rings. The zero-order chi connectivity index (χ0) is 73.7. The van der Waals surface area contributed by atoms with E-state index in [1.807, 2.05) is 622 Å². The van der Waals surface area contributed by atoms with Crippen molar-refractivity contribution in [1.82, 2.24) is 0 Å². The zero-order valence-electron chi connectivity index (χ0n) is 44.6. The Morgan fingerprint density at radius 3 is 0.500 bits per heavy atom. The van der Waals surface area contributed by atoms with Crippen molar-refractivity contribution in [2.75, 3.05) is 5.32 Å². The van der Waals surface area contributed by atoms with Gasteiger partial charge in [0, 0.05) is 779 Å². The van der Waals surface area contributed by atoms with Crippen LogP contribution in [0.4, 0.5) is 10.1 Å². The van der Waals surface area contributed by atoms with Gasteiger partial charge in [0.25, 0.3) is 0 Å². The molecule has 0 atom stereocenters. The van der Waals surface area contributed by atoms with E-state index in [0.29, 0.717) is 6.29 Å². The lowest BCUT2D eigenvalue weighted by Gasteiger charge is -2.18. The van der Waals surface area contributed by atoms with Crippen LogP contribution in [-0.2, 0) is 773 Å². The van der Waals surface area contributed by atoms with E-state index in [4.69, 9.17) is 22.4 Å². The van der Waals surface area contributed by atoms with Crippen molar-refractivity contribution >= 4 is 786 Å². The van der Waals surface area contributed by atoms with E-state index in [9.17, 15) is 14.0 Å². The van der Waals surface area contributed by atoms with Gasteiger partial charge in [-0.2, -0.15) is 0 Å². The molecule has 0 fully saturated rings. The molecule has 0 radical (unpaired) electrons. The average Bonchev–Trinajstić information content (AvgIpc) is 0.844. The number of carbonyl (C=O) groups is 2. The molecule has 0 spiro atoms. The van der Waals surface area contributed by atoms with E-state index in [1.165, 1.54) is 36.0 Å². The smallest absolute Gasteiger partial charge is 0.229 e. The number of nitrogens with one attached hydrogen (secondary N) is 1. The summed E-state index contributed by atoms with van der Waals surface area (Å²) in [5, 5.41) is 2.42. The summed E-state index contributed by atoms with van der Waals surface area (Å²) >= 11 is 9.66. The van der Waals surface area contributed by atoms with Gasteiger partial charge in [0.05, 0.1) is 5.69 Å². The first-order valence-electron chi connectivity index (χ1n) is 19.1. The van der Waals surface area contributed by atoms with E-state index in [2.05, 4.69) is 5.32 Å². The standard InChI is InChI=1S/C12H14FNO2.S86/c1-12(2,3)11(16)14-10-8(7-15)5-4-6-9(10)13;1-3-5-7-9-11-13-15-17-19-21-23-25-27-29-31-33-35-37-39-41-43-45-47-49-51-53-55-57-59-61-63-65-67-69-71-73-75-77-79-81-83-85-86-84-82-80-78-76-74-72-70-68-66-64-62-60-58-56-54-52-50-48-46-44-42-40-38-36-34-32-30-28-26-24-22-20-18-16-14-12-10-8-6-4-2/h4-7H,1-3H3,(H,14,16);. The van der Waals surface area contributed by atoms with E-state index in [1.54, 1.807) is 127 Å². The first-order chi connectivity index (χ1) is 50.3. The molecule has 1 amide bonds. The van der Waals surface area contributed by atoms with Gasteiger partial charge in [0.15, 0.2) is 6.29 Å². The molecule has 0 saturated carbocycles. The van der Waals surface area contributed by atoms with Gasteiger partial charge in [0.1, 0.15) is 5.82 Å². The van der Waals surface area contributed by atoms with Crippen molar-refractivity contribution in [3.05, 3.63) is 29.6 Å². The van der Waals surface area contributed by atoms with Crippen molar-refractivity contribution < 1.29 is 14.0 Å². The van der Waals surface area contributed by atoms with E-state index in [-0.39, 0.29) is 17.2 Å². The molecule has 0 saturated heterocycles. The fourth-order valence-electron chi connectivity index (χ4n) is 2.00. The molecule has 0 aliphatic heterocycles. The summed E-state index contributed by atoms with van der Waals surface area (Å²) in [5.41, 5.74) is -0.558. The second-order valence-electron chi connectivity index (χ2n) is 10.2. The first kappa shape index (κ1) is 119. The van der Waals surface area contributed by atoms with Crippen LogP contribution in [0.3, 0.4) is 0 Å². The first-order valence-corrected chi connectivity index (χ1v) is 132. The summed E-state index contributed by atoms with van der Waals surface area (Å²) in [4.78, 5) is 22.4. The lowest BCUT2D eigenvalue weighted by Crippen LogP contribution is -2.28. The Hall–Kier alpha value is 17.2. The number of hydrogen-bond donors (Lipinski definition) is 1. The fraction of sp³-hybridized carbons (Fsp3) is 0.333. The van der Waals surface area contributed by atoms with Gasteiger partial charge in [0.2, 0.25) is 5.91 Å². The minimum absolute atomic E-state index is 0.0579. The third kappa shape index (κ3) is 99.4. The Morgan fingerprint density at radius 1 is 0.265 bits per heavy atom. The highest BCUT2D eigenvalue weighted by Crippen LogP contribution is 2.22. The Morgan fingerprint density at radius 2 is 0.392 bits per heavy atom. The summed E-state index contributed by atoms with van der Waals surface area (Å²) in [6, 6.07) is 4.07. The molecule has 602 valence electrons. The monoisotopic (exact) mass is 2970 g/mol. The highest BCUT2D eigenvalue weighted by molar-refractivity contribution is 8.86. The van der Waals surface area contributed by atoms with Crippen LogP contribution in [0.5, 0.6) is 0 Å². The molecule has 90 heteroatoms. The second-order valence-corrected chi connectivity index (χ2v) is 159. The molecule has 0 aromatic heterocycles. The van der Waals surface area contributed by atoms with Crippen LogP contribution in [0, 0.1) is 11.2 Å². The van der Waals surface area contributed by atoms with Crippen LogP contribution in [0.2, 0.25) is 0 Å². The molecular formula is C12H14FNO2S86. The maximum atomic E-state index is 13.4. The number of carbonyl (C=O) groups excluding carboxylic acids is 2. The zero-order valence-corrected chi connectivity index (χ0v) is 115. The van der Waals surface area contributed by atoms with E-state index in [0.717, 1.165) is 0 Å². The minimum atomic E-state index is -0.636. The van der Waals surface area contributed by atoms with Crippen LogP contribution < -0.4 is 5.32 Å². The molecule has 1 rings (SSSR count). The fourth-order valence-corrected chi connectivity index (χ4v) is 227. The van der Waals surface area contributed by atoms with Crippen molar-refractivity contribution in [2.24, 2.45) is 5.41 Å². The molecule has 1 N–H and O–H groups in total. The number of hydrogen-bond acceptors (Lipinski definition) is 4. The van der Waals surface area contributed by atoms with Crippen molar-refractivity contribution in [2.45, 2.75) is 20.8 Å². The summed E-state index contributed by atoms with van der Waals surface area (Å²) in [5.74, 6) is -0.942.